The number of piperidine rings is 3. The molecule has 29 heavy (non-hydrogen) atoms. The van der Waals surface area contributed by atoms with E-state index in [0.717, 1.165) is 49.6 Å². The van der Waals surface area contributed by atoms with E-state index in [1.165, 1.54) is 5.56 Å². The van der Waals surface area contributed by atoms with Gasteiger partial charge < -0.3 is 18.9 Å². The molecule has 0 unspecified atom stereocenters. The Morgan fingerprint density at radius 3 is 2.76 bits per heavy atom. The lowest BCUT2D eigenvalue weighted by molar-refractivity contribution is -0.00369. The second kappa shape index (κ2) is 6.49. The number of rotatable bonds is 3. The zero-order chi connectivity index (χ0) is 19.5. The number of amides is 1. The fourth-order valence-corrected chi connectivity index (χ4v) is 5.82. The normalized spacial score (nSPS) is 31.9. The van der Waals surface area contributed by atoms with Crippen molar-refractivity contribution >= 4 is 5.91 Å². The molecular formula is C22H25N3O4. The fourth-order valence-electron chi connectivity index (χ4n) is 5.82. The number of likely N-dealkylation sites (tertiary alicyclic amines) is 1. The van der Waals surface area contributed by atoms with E-state index in [4.69, 9.17) is 14.0 Å². The summed E-state index contributed by atoms with van der Waals surface area (Å²) in [5, 5.41) is 4.06. The second-order valence-electron chi connectivity index (χ2n) is 8.56. The van der Waals surface area contributed by atoms with Gasteiger partial charge in [-0.2, -0.15) is 0 Å². The van der Waals surface area contributed by atoms with Crippen molar-refractivity contribution in [2.24, 2.45) is 5.92 Å². The zero-order valence-electron chi connectivity index (χ0n) is 16.5. The fraction of sp³-hybridized carbons (Fsp3) is 0.545. The molecule has 0 aliphatic carbocycles. The predicted octanol–water partition coefficient (Wildman–Crippen LogP) is 2.67. The van der Waals surface area contributed by atoms with Crippen LogP contribution in [0.15, 0.2) is 28.8 Å². The number of aryl methyl sites for hydroxylation is 1. The van der Waals surface area contributed by atoms with Gasteiger partial charge in [0.25, 0.3) is 5.91 Å². The summed E-state index contributed by atoms with van der Waals surface area (Å²) >= 11 is 0. The lowest BCUT2D eigenvalue weighted by atomic mass is 9.75. The van der Waals surface area contributed by atoms with Gasteiger partial charge in [-0.25, -0.2) is 0 Å². The summed E-state index contributed by atoms with van der Waals surface area (Å²) in [6.45, 7) is 5.23. The van der Waals surface area contributed by atoms with E-state index in [0.29, 0.717) is 24.2 Å². The second-order valence-corrected chi connectivity index (χ2v) is 8.56. The molecule has 6 heterocycles. The summed E-state index contributed by atoms with van der Waals surface area (Å²) in [7, 11) is 0. The number of carbonyl (C=O) groups is 1. The van der Waals surface area contributed by atoms with Crippen LogP contribution < -0.4 is 9.47 Å². The first-order valence-electron chi connectivity index (χ1n) is 10.6. The third-order valence-electron chi connectivity index (χ3n) is 7.21. The van der Waals surface area contributed by atoms with Gasteiger partial charge in [-0.3, -0.25) is 9.69 Å². The molecule has 1 aromatic carbocycles. The number of carbonyl (C=O) groups excluding carboxylic acids is 1. The maximum absolute atomic E-state index is 13.4. The molecule has 152 valence electrons. The highest BCUT2D eigenvalue weighted by atomic mass is 16.7. The minimum atomic E-state index is 0.000410. The van der Waals surface area contributed by atoms with Crippen molar-refractivity contribution in [3.8, 4) is 11.5 Å². The summed E-state index contributed by atoms with van der Waals surface area (Å²) in [5.41, 5.74) is 1.66. The monoisotopic (exact) mass is 395 g/mol. The van der Waals surface area contributed by atoms with Gasteiger partial charge in [-0.05, 0) is 49.5 Å². The van der Waals surface area contributed by atoms with Crippen molar-refractivity contribution in [1.82, 2.24) is 15.0 Å². The molecule has 0 radical (unpaired) electrons. The van der Waals surface area contributed by atoms with E-state index in [1.807, 2.05) is 13.0 Å². The van der Waals surface area contributed by atoms with Crippen molar-refractivity contribution in [3.63, 3.8) is 0 Å². The number of fused-ring (bicyclic) bond motifs is 3. The lowest BCUT2D eigenvalue weighted by Gasteiger charge is -2.51. The van der Waals surface area contributed by atoms with Crippen molar-refractivity contribution in [3.05, 3.63) is 41.3 Å². The smallest absolute Gasteiger partial charge is 0.276 e. The molecule has 4 fully saturated rings. The van der Waals surface area contributed by atoms with Gasteiger partial charge in [0.1, 0.15) is 5.76 Å². The standard InChI is InChI=1S/C22H25N3O4/c1-2-15-10-17(23-29-15)22(26)25-11-16(14-3-4-18-19(9-14)28-12-27-18)21-20(25)13-5-7-24(21)8-6-13/h3-4,9-10,13,16,20-21H,2,5-8,11-12H2,1H3/t16-,20+,21+/m0/s1. The van der Waals surface area contributed by atoms with Gasteiger partial charge in [-0.15, -0.1) is 0 Å². The van der Waals surface area contributed by atoms with E-state index in [1.54, 1.807) is 6.07 Å². The van der Waals surface area contributed by atoms with Crippen LogP contribution in [0.2, 0.25) is 0 Å². The van der Waals surface area contributed by atoms with E-state index in [2.05, 4.69) is 27.1 Å². The largest absolute Gasteiger partial charge is 0.454 e. The Morgan fingerprint density at radius 1 is 1.14 bits per heavy atom. The molecule has 5 aliphatic rings. The number of ether oxygens (including phenoxy) is 2. The molecule has 2 bridgehead atoms. The van der Waals surface area contributed by atoms with Crippen molar-refractivity contribution in [1.29, 1.82) is 0 Å². The molecule has 1 aromatic heterocycles. The molecule has 0 saturated carbocycles. The Labute approximate surface area is 169 Å². The molecule has 2 aromatic rings. The Balaban J connectivity index is 1.37. The first-order chi connectivity index (χ1) is 14.2. The molecule has 1 amide bonds. The first kappa shape index (κ1) is 17.3. The SMILES string of the molecule is CCc1cc(C(=O)N2C[C@@H](c3ccc4c(c3)OCO4)[C@@H]3[C@H]2C2CCN3CC2)no1. The Kier molecular flexibility index (Phi) is 3.88. The van der Waals surface area contributed by atoms with E-state index in [9.17, 15) is 4.79 Å². The van der Waals surface area contributed by atoms with Crippen LogP contribution >= 0.6 is 0 Å². The number of hydrogen-bond donors (Lipinski definition) is 0. The minimum absolute atomic E-state index is 0.000410. The maximum Gasteiger partial charge on any atom is 0.276 e. The molecule has 7 nitrogen and oxygen atoms in total. The highest BCUT2D eigenvalue weighted by molar-refractivity contribution is 5.93. The highest BCUT2D eigenvalue weighted by Gasteiger charge is 2.55. The minimum Gasteiger partial charge on any atom is -0.454 e. The van der Waals surface area contributed by atoms with Crippen LogP contribution in [0.1, 0.15) is 47.5 Å². The van der Waals surface area contributed by atoms with Gasteiger partial charge in [0.05, 0.1) is 6.04 Å². The molecular weight excluding hydrogens is 370 g/mol. The maximum atomic E-state index is 13.4. The van der Waals surface area contributed by atoms with Crippen LogP contribution in [0.25, 0.3) is 0 Å². The lowest BCUT2D eigenvalue weighted by Crippen LogP contribution is -2.60. The summed E-state index contributed by atoms with van der Waals surface area (Å²) in [6, 6.07) is 8.63. The Hall–Kier alpha value is -2.54. The van der Waals surface area contributed by atoms with Gasteiger partial charge in [0.15, 0.2) is 17.2 Å². The summed E-state index contributed by atoms with van der Waals surface area (Å²) < 4.78 is 16.4. The van der Waals surface area contributed by atoms with E-state index in [-0.39, 0.29) is 24.7 Å². The van der Waals surface area contributed by atoms with E-state index < -0.39 is 0 Å². The van der Waals surface area contributed by atoms with Gasteiger partial charge >= 0.3 is 0 Å². The number of benzene rings is 1. The summed E-state index contributed by atoms with van der Waals surface area (Å²) in [6.07, 6.45) is 3.07. The third-order valence-corrected chi connectivity index (χ3v) is 7.21. The Bertz CT molecular complexity index is 949. The zero-order valence-corrected chi connectivity index (χ0v) is 16.5. The molecule has 7 heteroatoms. The third kappa shape index (κ3) is 2.60. The molecule has 5 aliphatic heterocycles. The number of nitrogens with zero attached hydrogens (tertiary/aromatic N) is 3. The highest BCUT2D eigenvalue weighted by Crippen LogP contribution is 2.48. The van der Waals surface area contributed by atoms with Crippen LogP contribution in [-0.4, -0.2) is 59.4 Å². The van der Waals surface area contributed by atoms with Crippen LogP contribution in [0.4, 0.5) is 0 Å². The van der Waals surface area contributed by atoms with Gasteiger partial charge in [-0.1, -0.05) is 18.1 Å². The summed E-state index contributed by atoms with van der Waals surface area (Å²) in [5.74, 6) is 3.19. The van der Waals surface area contributed by atoms with Crippen LogP contribution in [0.3, 0.4) is 0 Å². The van der Waals surface area contributed by atoms with Gasteiger partial charge in [0, 0.05) is 31.0 Å². The van der Waals surface area contributed by atoms with Crippen molar-refractivity contribution < 1.29 is 18.8 Å². The quantitative estimate of drug-likeness (QED) is 0.796. The van der Waals surface area contributed by atoms with Gasteiger partial charge in [0.2, 0.25) is 6.79 Å². The molecule has 0 N–H and O–H groups in total. The number of hydrogen-bond acceptors (Lipinski definition) is 6. The molecule has 3 atom stereocenters. The van der Waals surface area contributed by atoms with Crippen LogP contribution in [-0.2, 0) is 6.42 Å². The van der Waals surface area contributed by atoms with Crippen molar-refractivity contribution in [2.45, 2.75) is 44.2 Å². The summed E-state index contributed by atoms with van der Waals surface area (Å²) in [4.78, 5) is 18.1. The topological polar surface area (TPSA) is 68.0 Å². The van der Waals surface area contributed by atoms with Crippen LogP contribution in [0.5, 0.6) is 11.5 Å². The number of aromatic nitrogens is 1. The van der Waals surface area contributed by atoms with Crippen molar-refractivity contribution in [2.75, 3.05) is 26.4 Å². The average Bonchev–Trinajstić information content (AvgIpc) is 3.51. The predicted molar refractivity (Wildman–Crippen MR) is 104 cm³/mol. The molecule has 0 spiro atoms. The Morgan fingerprint density at radius 2 is 1.97 bits per heavy atom. The van der Waals surface area contributed by atoms with Crippen LogP contribution in [0, 0.1) is 5.92 Å². The molecule has 4 saturated heterocycles. The van der Waals surface area contributed by atoms with E-state index >= 15 is 0 Å². The average molecular weight is 395 g/mol. The molecule has 7 rings (SSSR count). The first-order valence-corrected chi connectivity index (χ1v) is 10.6.